The van der Waals surface area contributed by atoms with E-state index in [0.29, 0.717) is 5.56 Å². The third-order valence-corrected chi connectivity index (χ3v) is 2.83. The van der Waals surface area contributed by atoms with Gasteiger partial charge in [0.2, 0.25) is 0 Å². The standard InChI is InChI=1S/C14H18FNO3/c1-8-5-6-9(15)7-10(8)12(17)16-11(13(18)19)14(2,3)4/h5-7,11H,1-4H3,(H,16,17)(H,18,19)/t11-/m1/s1. The summed E-state index contributed by atoms with van der Waals surface area (Å²) in [6.07, 6.45) is 0. The summed E-state index contributed by atoms with van der Waals surface area (Å²) in [5, 5.41) is 11.6. The number of hydrogen-bond acceptors (Lipinski definition) is 2. The number of halogens is 1. The van der Waals surface area contributed by atoms with E-state index >= 15 is 0 Å². The number of amides is 1. The Hall–Kier alpha value is -1.91. The van der Waals surface area contributed by atoms with Crippen molar-refractivity contribution in [3.8, 4) is 0 Å². The second kappa shape index (κ2) is 5.38. The van der Waals surface area contributed by atoms with Crippen LogP contribution in [0, 0.1) is 18.2 Å². The lowest BCUT2D eigenvalue weighted by atomic mass is 9.86. The quantitative estimate of drug-likeness (QED) is 0.883. The van der Waals surface area contributed by atoms with E-state index in [0.717, 1.165) is 6.07 Å². The maximum atomic E-state index is 13.1. The average Bonchev–Trinajstić information content (AvgIpc) is 2.26. The third-order valence-electron chi connectivity index (χ3n) is 2.83. The summed E-state index contributed by atoms with van der Waals surface area (Å²) in [4.78, 5) is 23.2. The normalized spacial score (nSPS) is 12.9. The van der Waals surface area contributed by atoms with Crippen LogP contribution in [-0.2, 0) is 4.79 Å². The van der Waals surface area contributed by atoms with Crippen LogP contribution in [0.1, 0.15) is 36.7 Å². The van der Waals surface area contributed by atoms with E-state index in [1.54, 1.807) is 27.7 Å². The fourth-order valence-electron chi connectivity index (χ4n) is 1.70. The summed E-state index contributed by atoms with van der Waals surface area (Å²) >= 11 is 0. The number of benzene rings is 1. The highest BCUT2D eigenvalue weighted by atomic mass is 19.1. The van der Waals surface area contributed by atoms with E-state index in [1.807, 2.05) is 0 Å². The molecule has 0 radical (unpaired) electrons. The lowest BCUT2D eigenvalue weighted by molar-refractivity contribution is -0.142. The van der Waals surface area contributed by atoms with Gasteiger partial charge in [0.25, 0.3) is 5.91 Å². The highest BCUT2D eigenvalue weighted by Crippen LogP contribution is 2.20. The Kier molecular flexibility index (Phi) is 4.29. The number of aryl methyl sites for hydroxylation is 1. The van der Waals surface area contributed by atoms with E-state index < -0.39 is 29.2 Å². The maximum absolute atomic E-state index is 13.1. The van der Waals surface area contributed by atoms with Crippen LogP contribution in [0.5, 0.6) is 0 Å². The highest BCUT2D eigenvalue weighted by Gasteiger charge is 2.33. The number of nitrogens with one attached hydrogen (secondary N) is 1. The zero-order valence-electron chi connectivity index (χ0n) is 11.5. The lowest BCUT2D eigenvalue weighted by Gasteiger charge is -2.28. The molecule has 104 valence electrons. The predicted molar refractivity (Wildman–Crippen MR) is 69.5 cm³/mol. The van der Waals surface area contributed by atoms with E-state index in [-0.39, 0.29) is 5.56 Å². The van der Waals surface area contributed by atoms with Gasteiger partial charge >= 0.3 is 5.97 Å². The zero-order chi connectivity index (χ0) is 14.8. The summed E-state index contributed by atoms with van der Waals surface area (Å²) in [5.74, 6) is -2.23. The highest BCUT2D eigenvalue weighted by molar-refractivity contribution is 5.97. The molecule has 0 spiro atoms. The lowest BCUT2D eigenvalue weighted by Crippen LogP contribution is -2.49. The van der Waals surface area contributed by atoms with Crippen LogP contribution in [0.15, 0.2) is 18.2 Å². The number of carbonyl (C=O) groups excluding carboxylic acids is 1. The molecule has 5 heteroatoms. The van der Waals surface area contributed by atoms with Gasteiger partial charge in [-0.2, -0.15) is 0 Å². The molecule has 1 amide bonds. The van der Waals surface area contributed by atoms with E-state index in [1.165, 1.54) is 12.1 Å². The van der Waals surface area contributed by atoms with Crippen molar-refractivity contribution in [3.05, 3.63) is 35.1 Å². The van der Waals surface area contributed by atoms with Crippen molar-refractivity contribution < 1.29 is 19.1 Å². The minimum atomic E-state index is -1.12. The van der Waals surface area contributed by atoms with E-state index in [9.17, 15) is 14.0 Å². The van der Waals surface area contributed by atoms with Gasteiger partial charge in [0, 0.05) is 5.56 Å². The van der Waals surface area contributed by atoms with Gasteiger partial charge in [-0.1, -0.05) is 26.8 Å². The van der Waals surface area contributed by atoms with Crippen molar-refractivity contribution in [2.24, 2.45) is 5.41 Å². The number of carbonyl (C=O) groups is 2. The molecule has 1 aromatic rings. The van der Waals surface area contributed by atoms with Crippen LogP contribution in [0.3, 0.4) is 0 Å². The van der Waals surface area contributed by atoms with Crippen molar-refractivity contribution >= 4 is 11.9 Å². The van der Waals surface area contributed by atoms with Gasteiger partial charge in [-0.3, -0.25) is 4.79 Å². The molecule has 19 heavy (non-hydrogen) atoms. The monoisotopic (exact) mass is 267 g/mol. The van der Waals surface area contributed by atoms with Crippen molar-refractivity contribution in [1.29, 1.82) is 0 Å². The topological polar surface area (TPSA) is 66.4 Å². The number of hydrogen-bond donors (Lipinski definition) is 2. The smallest absolute Gasteiger partial charge is 0.326 e. The molecule has 0 bridgehead atoms. The SMILES string of the molecule is Cc1ccc(F)cc1C(=O)N[C@H](C(=O)O)C(C)(C)C. The molecule has 1 aromatic carbocycles. The van der Waals surface area contributed by atoms with Gasteiger partial charge in [0.15, 0.2) is 0 Å². The van der Waals surface area contributed by atoms with Crippen LogP contribution in [0.2, 0.25) is 0 Å². The second-order valence-electron chi connectivity index (χ2n) is 5.57. The predicted octanol–water partition coefficient (Wildman–Crippen LogP) is 2.36. The van der Waals surface area contributed by atoms with Gasteiger partial charge in [-0.15, -0.1) is 0 Å². The van der Waals surface area contributed by atoms with Crippen LogP contribution in [0.25, 0.3) is 0 Å². The van der Waals surface area contributed by atoms with Gasteiger partial charge in [0.05, 0.1) is 0 Å². The van der Waals surface area contributed by atoms with Crippen molar-refractivity contribution in [3.63, 3.8) is 0 Å². The number of carboxylic acid groups (broad SMARTS) is 1. The molecule has 0 unspecified atom stereocenters. The first-order chi connectivity index (χ1) is 8.62. The second-order valence-corrected chi connectivity index (χ2v) is 5.57. The third kappa shape index (κ3) is 3.77. The van der Waals surface area contributed by atoms with Gasteiger partial charge < -0.3 is 10.4 Å². The van der Waals surface area contributed by atoms with Crippen molar-refractivity contribution in [2.75, 3.05) is 0 Å². The zero-order valence-corrected chi connectivity index (χ0v) is 11.5. The minimum absolute atomic E-state index is 0.149. The molecule has 0 aliphatic rings. The van der Waals surface area contributed by atoms with Crippen molar-refractivity contribution in [2.45, 2.75) is 33.7 Å². The Balaban J connectivity index is 3.01. The molecule has 0 aromatic heterocycles. The molecule has 0 aliphatic carbocycles. The molecule has 0 aliphatic heterocycles. The first kappa shape index (κ1) is 15.1. The van der Waals surface area contributed by atoms with E-state index in [4.69, 9.17) is 5.11 Å². The van der Waals surface area contributed by atoms with Crippen LogP contribution in [-0.4, -0.2) is 23.0 Å². The average molecular weight is 267 g/mol. The van der Waals surface area contributed by atoms with Crippen LogP contribution in [0.4, 0.5) is 4.39 Å². The summed E-state index contributed by atoms with van der Waals surface area (Å²) in [7, 11) is 0. The molecule has 0 fully saturated rings. The Morgan fingerprint density at radius 1 is 1.32 bits per heavy atom. The minimum Gasteiger partial charge on any atom is -0.480 e. The summed E-state index contributed by atoms with van der Waals surface area (Å²) in [6, 6.07) is 2.80. The number of carboxylic acids is 1. The largest absolute Gasteiger partial charge is 0.480 e. The molecule has 0 heterocycles. The number of aliphatic carboxylic acids is 1. The van der Waals surface area contributed by atoms with Crippen LogP contribution < -0.4 is 5.32 Å². The van der Waals surface area contributed by atoms with Gasteiger partial charge in [-0.05, 0) is 30.0 Å². The molecular formula is C14H18FNO3. The maximum Gasteiger partial charge on any atom is 0.326 e. The fraction of sp³-hybridized carbons (Fsp3) is 0.429. The molecule has 1 atom stereocenters. The summed E-state index contributed by atoms with van der Waals surface area (Å²) in [5.41, 5.74) is 0.107. The summed E-state index contributed by atoms with van der Waals surface area (Å²) < 4.78 is 13.1. The van der Waals surface area contributed by atoms with Crippen LogP contribution >= 0.6 is 0 Å². The van der Waals surface area contributed by atoms with Gasteiger partial charge in [-0.25, -0.2) is 9.18 Å². The summed E-state index contributed by atoms with van der Waals surface area (Å²) in [6.45, 7) is 6.81. The molecule has 2 N–H and O–H groups in total. The first-order valence-corrected chi connectivity index (χ1v) is 5.92. The van der Waals surface area contributed by atoms with Crippen molar-refractivity contribution in [1.82, 2.24) is 5.32 Å². The molecule has 0 saturated carbocycles. The van der Waals surface area contributed by atoms with Gasteiger partial charge in [0.1, 0.15) is 11.9 Å². The fourth-order valence-corrected chi connectivity index (χ4v) is 1.70. The molecule has 4 nitrogen and oxygen atoms in total. The Labute approximate surface area is 111 Å². The Bertz CT molecular complexity index is 506. The number of rotatable bonds is 3. The molecule has 1 rings (SSSR count). The first-order valence-electron chi connectivity index (χ1n) is 5.92. The molecular weight excluding hydrogens is 249 g/mol. The Morgan fingerprint density at radius 3 is 2.37 bits per heavy atom. The van der Waals surface area contributed by atoms with E-state index in [2.05, 4.69) is 5.32 Å². The molecule has 0 saturated heterocycles. The Morgan fingerprint density at radius 2 is 1.89 bits per heavy atom.